The highest BCUT2D eigenvalue weighted by molar-refractivity contribution is 9.13. The van der Waals surface area contributed by atoms with Crippen molar-refractivity contribution in [2.45, 2.75) is 33.0 Å². The van der Waals surface area contributed by atoms with Crippen molar-refractivity contribution < 1.29 is 9.53 Å². The van der Waals surface area contributed by atoms with E-state index in [-0.39, 0.29) is 29.8 Å². The molecule has 0 spiro atoms. The Kier molecular flexibility index (Phi) is 4.13. The van der Waals surface area contributed by atoms with Gasteiger partial charge in [-0.15, -0.1) is 11.3 Å². The summed E-state index contributed by atoms with van der Waals surface area (Å²) in [6, 6.07) is 0. The number of ketones is 1. The number of halogens is 2. The van der Waals surface area contributed by atoms with Gasteiger partial charge in [0.05, 0.1) is 27.5 Å². The molecule has 2 nitrogen and oxygen atoms in total. The number of thiophene rings is 1. The monoisotopic (exact) mass is 380 g/mol. The van der Waals surface area contributed by atoms with Crippen molar-refractivity contribution >= 4 is 49.0 Å². The Hall–Kier alpha value is 0.290. The van der Waals surface area contributed by atoms with Crippen LogP contribution in [0.25, 0.3) is 0 Å². The number of carbonyl (C=O) groups excluding carboxylic acids is 1. The van der Waals surface area contributed by atoms with Crippen molar-refractivity contribution in [3.05, 3.63) is 19.2 Å². The van der Waals surface area contributed by atoms with Crippen molar-refractivity contribution in [2.24, 2.45) is 11.8 Å². The Morgan fingerprint density at radius 2 is 1.94 bits per heavy atom. The van der Waals surface area contributed by atoms with Crippen LogP contribution in [0, 0.1) is 11.8 Å². The highest BCUT2D eigenvalue weighted by Gasteiger charge is 2.42. The lowest BCUT2D eigenvalue weighted by Crippen LogP contribution is -2.26. The minimum atomic E-state index is -0.0353. The Morgan fingerprint density at radius 3 is 2.35 bits per heavy atom. The first-order valence-electron chi connectivity index (χ1n) is 5.55. The van der Waals surface area contributed by atoms with Crippen molar-refractivity contribution in [1.82, 2.24) is 0 Å². The quantitative estimate of drug-likeness (QED) is 0.704. The van der Waals surface area contributed by atoms with Crippen molar-refractivity contribution in [3.8, 4) is 0 Å². The van der Waals surface area contributed by atoms with E-state index in [4.69, 9.17) is 4.74 Å². The minimum Gasteiger partial charge on any atom is -0.374 e. The molecule has 1 aliphatic rings. The lowest BCUT2D eigenvalue weighted by atomic mass is 9.85. The molecule has 0 N–H and O–H groups in total. The van der Waals surface area contributed by atoms with Gasteiger partial charge in [-0.2, -0.15) is 0 Å². The Morgan fingerprint density at radius 1 is 1.29 bits per heavy atom. The fourth-order valence-electron chi connectivity index (χ4n) is 2.36. The van der Waals surface area contributed by atoms with E-state index >= 15 is 0 Å². The molecular weight excluding hydrogens is 368 g/mol. The fraction of sp³-hybridized carbons (Fsp3) is 0.583. The molecule has 1 aromatic heterocycles. The van der Waals surface area contributed by atoms with Crippen LogP contribution >= 0.6 is 43.2 Å². The maximum Gasteiger partial charge on any atom is 0.179 e. The van der Waals surface area contributed by atoms with Gasteiger partial charge in [0.2, 0.25) is 0 Å². The molecule has 0 saturated carbocycles. The Labute approximate surface area is 122 Å². The van der Waals surface area contributed by atoms with E-state index in [2.05, 4.69) is 38.8 Å². The van der Waals surface area contributed by atoms with Gasteiger partial charge in [-0.1, -0.05) is 6.92 Å². The van der Waals surface area contributed by atoms with Crippen LogP contribution in [-0.4, -0.2) is 18.0 Å². The summed E-state index contributed by atoms with van der Waals surface area (Å²) in [5.41, 5.74) is 0. The Balaban J connectivity index is 2.29. The second-order valence-corrected chi connectivity index (χ2v) is 7.05. The molecule has 0 aromatic carbocycles. The second kappa shape index (κ2) is 5.11. The van der Waals surface area contributed by atoms with Gasteiger partial charge in [-0.3, -0.25) is 4.79 Å². The third kappa shape index (κ3) is 2.39. The number of hydrogen-bond acceptors (Lipinski definition) is 3. The fourth-order valence-corrected chi connectivity index (χ4v) is 4.52. The molecule has 4 unspecified atom stereocenters. The number of Topliss-reactive ketones (excluding diaryl/α,β-unsaturated/α-hetero) is 1. The predicted octanol–water partition coefficient (Wildman–Crippen LogP) is 4.52. The van der Waals surface area contributed by atoms with Crippen LogP contribution in [-0.2, 0) is 4.74 Å². The van der Waals surface area contributed by atoms with Crippen molar-refractivity contribution in [2.75, 3.05) is 0 Å². The summed E-state index contributed by atoms with van der Waals surface area (Å²) in [6.45, 7) is 6.11. The third-order valence-corrected chi connectivity index (χ3v) is 7.00. The minimum absolute atomic E-state index is 0.000255. The van der Waals surface area contributed by atoms with Gasteiger partial charge in [-0.05, 0) is 51.6 Å². The summed E-state index contributed by atoms with van der Waals surface area (Å²) in [7, 11) is 0. The summed E-state index contributed by atoms with van der Waals surface area (Å²) in [5.74, 6) is 0.425. The molecule has 0 bridgehead atoms. The van der Waals surface area contributed by atoms with Crippen LogP contribution in [0.15, 0.2) is 14.3 Å². The first-order chi connectivity index (χ1) is 7.93. The van der Waals surface area contributed by atoms with Crippen LogP contribution in [0.4, 0.5) is 0 Å². The van der Waals surface area contributed by atoms with Gasteiger partial charge in [0.25, 0.3) is 0 Å². The molecule has 0 amide bonds. The molecule has 2 heterocycles. The number of hydrogen-bond donors (Lipinski definition) is 0. The van der Waals surface area contributed by atoms with Gasteiger partial charge >= 0.3 is 0 Å². The zero-order valence-corrected chi connectivity index (χ0v) is 13.9. The molecule has 1 saturated heterocycles. The van der Waals surface area contributed by atoms with Gasteiger partial charge in [-0.25, -0.2) is 0 Å². The van der Waals surface area contributed by atoms with Gasteiger partial charge in [0, 0.05) is 9.85 Å². The Bertz CT molecular complexity index is 444. The largest absolute Gasteiger partial charge is 0.374 e. The van der Waals surface area contributed by atoms with E-state index in [1.807, 2.05) is 19.2 Å². The molecule has 5 heteroatoms. The van der Waals surface area contributed by atoms with E-state index in [9.17, 15) is 4.79 Å². The average Bonchev–Trinajstić information content (AvgIpc) is 2.70. The highest BCUT2D eigenvalue weighted by atomic mass is 79.9. The molecule has 17 heavy (non-hydrogen) atoms. The van der Waals surface area contributed by atoms with Gasteiger partial charge in [0.15, 0.2) is 5.78 Å². The van der Waals surface area contributed by atoms with Crippen LogP contribution < -0.4 is 0 Å². The lowest BCUT2D eigenvalue weighted by Gasteiger charge is -2.16. The molecule has 0 radical (unpaired) electrons. The first kappa shape index (κ1) is 13.7. The van der Waals surface area contributed by atoms with E-state index in [0.29, 0.717) is 0 Å². The zero-order valence-electron chi connectivity index (χ0n) is 9.87. The molecule has 1 aliphatic heterocycles. The summed E-state index contributed by atoms with van der Waals surface area (Å²) < 4.78 is 7.54. The number of carbonyl (C=O) groups is 1. The van der Waals surface area contributed by atoms with E-state index in [1.165, 1.54) is 11.3 Å². The summed E-state index contributed by atoms with van der Waals surface area (Å²) in [4.78, 5) is 13.3. The second-order valence-electron chi connectivity index (χ2n) is 4.52. The van der Waals surface area contributed by atoms with Crippen LogP contribution in [0.5, 0.6) is 0 Å². The molecule has 0 aliphatic carbocycles. The van der Waals surface area contributed by atoms with E-state index in [0.717, 1.165) is 13.8 Å². The molecule has 1 fully saturated rings. The van der Waals surface area contributed by atoms with Gasteiger partial charge < -0.3 is 4.74 Å². The molecule has 2 rings (SSSR count). The average molecular weight is 382 g/mol. The third-order valence-electron chi connectivity index (χ3n) is 3.46. The van der Waals surface area contributed by atoms with Crippen molar-refractivity contribution in [3.63, 3.8) is 0 Å². The van der Waals surface area contributed by atoms with Crippen LogP contribution in [0.3, 0.4) is 0 Å². The maximum absolute atomic E-state index is 12.5. The van der Waals surface area contributed by atoms with Crippen LogP contribution in [0.2, 0.25) is 0 Å². The smallest absolute Gasteiger partial charge is 0.179 e. The number of rotatable bonds is 2. The first-order valence-corrected chi connectivity index (χ1v) is 8.02. The predicted molar refractivity (Wildman–Crippen MR) is 76.7 cm³/mol. The standard InChI is InChI=1S/C12H14Br2O2S/c1-5-6(2)16-7(3)9(5)11(15)12-10(14)8(13)4-17-12/h4-7,9H,1-3H3. The maximum atomic E-state index is 12.5. The molecule has 94 valence electrons. The molecular formula is C12H14Br2O2S. The van der Waals surface area contributed by atoms with E-state index < -0.39 is 0 Å². The summed E-state index contributed by atoms with van der Waals surface area (Å²) >= 11 is 8.35. The summed E-state index contributed by atoms with van der Waals surface area (Å²) in [6.07, 6.45) is 0.154. The number of ether oxygens (including phenoxy) is 1. The molecule has 1 aromatic rings. The summed E-state index contributed by atoms with van der Waals surface area (Å²) in [5, 5.41) is 1.94. The topological polar surface area (TPSA) is 26.3 Å². The van der Waals surface area contributed by atoms with Gasteiger partial charge in [0.1, 0.15) is 0 Å². The zero-order chi connectivity index (χ0) is 12.7. The van der Waals surface area contributed by atoms with Crippen LogP contribution in [0.1, 0.15) is 30.4 Å². The lowest BCUT2D eigenvalue weighted by molar-refractivity contribution is 0.0492. The normalized spacial score (nSPS) is 33.0. The van der Waals surface area contributed by atoms with Crippen molar-refractivity contribution in [1.29, 1.82) is 0 Å². The van der Waals surface area contributed by atoms with E-state index in [1.54, 1.807) is 0 Å². The molecule has 4 atom stereocenters. The SMILES string of the molecule is CC1OC(C)C(C(=O)c2scc(Br)c2Br)C1C. The highest BCUT2D eigenvalue weighted by Crippen LogP contribution is 2.39.